The van der Waals surface area contributed by atoms with Crippen molar-refractivity contribution < 1.29 is 22.0 Å². The van der Waals surface area contributed by atoms with Gasteiger partial charge in [0.2, 0.25) is 0 Å². The van der Waals surface area contributed by atoms with Crippen LogP contribution in [0.5, 0.6) is 0 Å². The highest BCUT2D eigenvalue weighted by Gasteiger charge is 2.33. The molecule has 17 heavy (non-hydrogen) atoms. The van der Waals surface area contributed by atoms with Crippen molar-refractivity contribution in [1.82, 2.24) is 0 Å². The first-order valence-electron chi connectivity index (χ1n) is 4.78. The van der Waals surface area contributed by atoms with Crippen LogP contribution in [0.4, 0.5) is 22.0 Å². The third-order valence-corrected chi connectivity index (χ3v) is 2.50. The molecule has 0 aliphatic rings. The summed E-state index contributed by atoms with van der Waals surface area (Å²) >= 11 is 0. The summed E-state index contributed by atoms with van der Waals surface area (Å²) in [5.41, 5.74) is -1.27. The van der Waals surface area contributed by atoms with Gasteiger partial charge in [-0.1, -0.05) is 30.3 Å². The van der Waals surface area contributed by atoms with E-state index in [1.54, 1.807) is 0 Å². The summed E-state index contributed by atoms with van der Waals surface area (Å²) in [5.74, 6) is 0. The van der Waals surface area contributed by atoms with E-state index in [4.69, 9.17) is 0 Å². The number of halogens is 5. The molecule has 0 atom stereocenters. The van der Waals surface area contributed by atoms with Gasteiger partial charge in [-0.3, -0.25) is 0 Å². The normalized spacial score (nSPS) is 12.4. The van der Waals surface area contributed by atoms with E-state index in [1.807, 2.05) is 0 Å². The van der Waals surface area contributed by atoms with Crippen molar-refractivity contribution in [2.75, 3.05) is 0 Å². The molecule has 90 valence electrons. The third-order valence-electron chi connectivity index (χ3n) is 2.50. The second-order valence-electron chi connectivity index (χ2n) is 3.55. The smallest absolute Gasteiger partial charge is 0.205 e. The maximum atomic E-state index is 12.7. The highest BCUT2D eigenvalue weighted by Crippen LogP contribution is 2.38. The number of alkyl halides is 5. The molecule has 0 saturated heterocycles. The van der Waals surface area contributed by atoms with Crippen molar-refractivity contribution in [3.63, 3.8) is 0 Å². The van der Waals surface area contributed by atoms with Gasteiger partial charge in [-0.15, -0.1) is 0 Å². The highest BCUT2D eigenvalue weighted by molar-refractivity contribution is 5.89. The Morgan fingerprint density at radius 2 is 1.41 bits per heavy atom. The lowest BCUT2D eigenvalue weighted by molar-refractivity contribution is -0.136. The van der Waals surface area contributed by atoms with Crippen molar-refractivity contribution in [2.24, 2.45) is 0 Å². The zero-order chi connectivity index (χ0) is 12.6. The van der Waals surface area contributed by atoms with Gasteiger partial charge >= 0.3 is 6.18 Å². The molecule has 2 rings (SSSR count). The number of fused-ring (bicyclic) bond motifs is 1. The van der Waals surface area contributed by atoms with Gasteiger partial charge in [0.05, 0.1) is 5.56 Å². The molecule has 0 saturated carbocycles. The largest absolute Gasteiger partial charge is 0.417 e. The van der Waals surface area contributed by atoms with Gasteiger partial charge < -0.3 is 0 Å². The number of hydrogen-bond donors (Lipinski definition) is 0. The Morgan fingerprint density at radius 1 is 0.824 bits per heavy atom. The lowest BCUT2D eigenvalue weighted by atomic mass is 9.99. The Bertz CT molecular complexity index is 542. The molecule has 0 heterocycles. The van der Waals surface area contributed by atoms with Gasteiger partial charge in [0, 0.05) is 5.56 Å². The molecule has 0 N–H and O–H groups in total. The molecule has 0 amide bonds. The van der Waals surface area contributed by atoms with Gasteiger partial charge in [-0.25, -0.2) is 8.78 Å². The van der Waals surface area contributed by atoms with E-state index in [0.29, 0.717) is 6.07 Å². The van der Waals surface area contributed by atoms with Gasteiger partial charge in [0.15, 0.2) is 0 Å². The SMILES string of the molecule is FC(F)c1ccc(C(F)(F)F)c2ccccc12. The average molecular weight is 246 g/mol. The van der Waals surface area contributed by atoms with Crippen LogP contribution in [0.25, 0.3) is 10.8 Å². The van der Waals surface area contributed by atoms with E-state index < -0.39 is 18.2 Å². The first-order valence-corrected chi connectivity index (χ1v) is 4.78. The predicted molar refractivity (Wildman–Crippen MR) is 53.9 cm³/mol. The van der Waals surface area contributed by atoms with Crippen LogP contribution in [0.1, 0.15) is 17.6 Å². The minimum atomic E-state index is -4.54. The molecule has 0 unspecified atom stereocenters. The minimum Gasteiger partial charge on any atom is -0.205 e. The number of hydrogen-bond acceptors (Lipinski definition) is 0. The van der Waals surface area contributed by atoms with Gasteiger partial charge in [-0.05, 0) is 16.8 Å². The van der Waals surface area contributed by atoms with Crippen molar-refractivity contribution in [1.29, 1.82) is 0 Å². The standard InChI is InChI=1S/C12H7F5/c13-11(14)9-5-6-10(12(15,16)17)8-4-2-1-3-7(8)9/h1-6,11H. The second kappa shape index (κ2) is 3.98. The number of rotatable bonds is 1. The zero-order valence-corrected chi connectivity index (χ0v) is 8.43. The van der Waals surface area contributed by atoms with E-state index in [9.17, 15) is 22.0 Å². The quantitative estimate of drug-likeness (QED) is 0.634. The van der Waals surface area contributed by atoms with Crippen molar-refractivity contribution in [2.45, 2.75) is 12.6 Å². The Hall–Kier alpha value is -1.65. The Morgan fingerprint density at radius 3 is 1.94 bits per heavy atom. The molecule has 0 nitrogen and oxygen atoms in total. The predicted octanol–water partition coefficient (Wildman–Crippen LogP) is 4.80. The van der Waals surface area contributed by atoms with Crippen LogP contribution in [0.15, 0.2) is 36.4 Å². The van der Waals surface area contributed by atoms with Gasteiger partial charge in [0.1, 0.15) is 0 Å². The summed E-state index contributed by atoms with van der Waals surface area (Å²) in [4.78, 5) is 0. The average Bonchev–Trinajstić information content (AvgIpc) is 2.26. The minimum absolute atomic E-state index is 0.0580. The topological polar surface area (TPSA) is 0 Å². The maximum Gasteiger partial charge on any atom is 0.417 e. The molecule has 0 spiro atoms. The fourth-order valence-corrected chi connectivity index (χ4v) is 1.76. The summed E-state index contributed by atoms with van der Waals surface area (Å²) in [6, 6.07) is 6.83. The molecule has 2 aromatic carbocycles. The summed E-state index contributed by atoms with van der Waals surface area (Å²) in [6.45, 7) is 0. The first-order chi connectivity index (χ1) is 7.91. The fourth-order valence-electron chi connectivity index (χ4n) is 1.76. The first kappa shape index (κ1) is 11.8. The van der Waals surface area contributed by atoms with E-state index >= 15 is 0 Å². The molecule has 0 aliphatic carbocycles. The van der Waals surface area contributed by atoms with E-state index in [2.05, 4.69) is 0 Å². The summed E-state index contributed by atoms with van der Waals surface area (Å²) in [7, 11) is 0. The molecule has 2 aromatic rings. The monoisotopic (exact) mass is 246 g/mol. The van der Waals surface area contributed by atoms with Crippen molar-refractivity contribution in [3.05, 3.63) is 47.5 Å². The summed E-state index contributed by atoms with van der Waals surface area (Å²) < 4.78 is 63.3. The molecule has 0 bridgehead atoms. The second-order valence-corrected chi connectivity index (χ2v) is 3.55. The third kappa shape index (κ3) is 2.09. The van der Waals surface area contributed by atoms with E-state index in [-0.39, 0.29) is 16.3 Å². The maximum absolute atomic E-state index is 12.7. The lowest BCUT2D eigenvalue weighted by Gasteiger charge is -2.13. The van der Waals surface area contributed by atoms with Gasteiger partial charge in [-0.2, -0.15) is 13.2 Å². The summed E-state index contributed by atoms with van der Waals surface area (Å²) in [5, 5.41) is -0.255. The van der Waals surface area contributed by atoms with Crippen LogP contribution in [0.2, 0.25) is 0 Å². The summed E-state index contributed by atoms with van der Waals surface area (Å²) in [6.07, 6.45) is -7.33. The lowest BCUT2D eigenvalue weighted by Crippen LogP contribution is -2.06. The van der Waals surface area contributed by atoms with Crippen molar-refractivity contribution >= 4 is 10.8 Å². The Kier molecular flexibility index (Phi) is 2.77. The molecular weight excluding hydrogens is 239 g/mol. The van der Waals surface area contributed by atoms with Crippen LogP contribution in [-0.4, -0.2) is 0 Å². The van der Waals surface area contributed by atoms with Crippen LogP contribution < -0.4 is 0 Å². The van der Waals surface area contributed by atoms with E-state index in [1.165, 1.54) is 24.3 Å². The molecule has 5 heteroatoms. The van der Waals surface area contributed by atoms with Crippen LogP contribution in [0.3, 0.4) is 0 Å². The van der Waals surface area contributed by atoms with Gasteiger partial charge in [0.25, 0.3) is 6.43 Å². The Balaban J connectivity index is 2.80. The fraction of sp³-hybridized carbons (Fsp3) is 0.167. The van der Waals surface area contributed by atoms with Crippen LogP contribution >= 0.6 is 0 Å². The highest BCUT2D eigenvalue weighted by atomic mass is 19.4. The molecule has 0 fully saturated rings. The molecule has 0 radical (unpaired) electrons. The molecule has 0 aliphatic heterocycles. The van der Waals surface area contributed by atoms with Crippen LogP contribution in [-0.2, 0) is 6.18 Å². The van der Waals surface area contributed by atoms with Crippen molar-refractivity contribution in [3.8, 4) is 0 Å². The zero-order valence-electron chi connectivity index (χ0n) is 8.43. The Labute approximate surface area is 93.7 Å². The molecular formula is C12H7F5. The van der Waals surface area contributed by atoms with Crippen LogP contribution in [0, 0.1) is 0 Å². The molecule has 0 aromatic heterocycles. The number of benzene rings is 2. The van der Waals surface area contributed by atoms with E-state index in [0.717, 1.165) is 6.07 Å².